The van der Waals surface area contributed by atoms with Gasteiger partial charge in [-0.1, -0.05) is 6.07 Å². The molecule has 0 spiro atoms. The van der Waals surface area contributed by atoms with Crippen LogP contribution in [0.15, 0.2) is 29.6 Å². The van der Waals surface area contributed by atoms with Crippen LogP contribution in [-0.2, 0) is 11.2 Å². The standard InChI is InChI=1S/C21H27NO3S/c1-23-18-12-15-8-9-22(14-16-6-3-4-10-25-16)21(20-7-5-11-26-20)17(15)13-19(18)24-2/h5,7,11-13,16,21H,3-4,6,8-10,14H2,1-2H3/t16-,21+/m0/s1. The van der Waals surface area contributed by atoms with E-state index in [0.29, 0.717) is 6.10 Å². The highest BCUT2D eigenvalue weighted by atomic mass is 32.1. The first kappa shape index (κ1) is 17.8. The van der Waals surface area contributed by atoms with E-state index in [1.807, 2.05) is 11.3 Å². The molecule has 140 valence electrons. The van der Waals surface area contributed by atoms with E-state index in [-0.39, 0.29) is 6.04 Å². The summed E-state index contributed by atoms with van der Waals surface area (Å²) in [7, 11) is 3.41. The van der Waals surface area contributed by atoms with Crippen LogP contribution in [0.25, 0.3) is 0 Å². The van der Waals surface area contributed by atoms with Gasteiger partial charge in [0.15, 0.2) is 11.5 Å². The molecule has 1 aromatic carbocycles. The minimum Gasteiger partial charge on any atom is -0.493 e. The van der Waals surface area contributed by atoms with E-state index in [1.54, 1.807) is 14.2 Å². The van der Waals surface area contributed by atoms with Gasteiger partial charge in [0.1, 0.15) is 0 Å². The van der Waals surface area contributed by atoms with Gasteiger partial charge in [0.05, 0.1) is 26.4 Å². The topological polar surface area (TPSA) is 30.9 Å². The number of nitrogens with zero attached hydrogens (tertiary/aromatic N) is 1. The molecule has 2 aliphatic rings. The van der Waals surface area contributed by atoms with Crippen molar-refractivity contribution in [1.82, 2.24) is 4.90 Å². The van der Waals surface area contributed by atoms with E-state index in [4.69, 9.17) is 14.2 Å². The fourth-order valence-corrected chi connectivity index (χ4v) is 5.06. The van der Waals surface area contributed by atoms with Gasteiger partial charge in [-0.25, -0.2) is 0 Å². The molecule has 0 saturated carbocycles. The lowest BCUT2D eigenvalue weighted by molar-refractivity contribution is -0.0120. The molecular weight excluding hydrogens is 346 g/mol. The first-order chi connectivity index (χ1) is 12.8. The van der Waals surface area contributed by atoms with Crippen LogP contribution in [0.5, 0.6) is 11.5 Å². The zero-order valence-electron chi connectivity index (χ0n) is 15.6. The predicted octanol–water partition coefficient (Wildman–Crippen LogP) is 4.28. The van der Waals surface area contributed by atoms with Crippen LogP contribution in [-0.4, -0.2) is 44.9 Å². The smallest absolute Gasteiger partial charge is 0.161 e. The molecule has 1 fully saturated rings. The van der Waals surface area contributed by atoms with Gasteiger partial charge in [-0.05, 0) is 60.4 Å². The summed E-state index contributed by atoms with van der Waals surface area (Å²) in [6, 6.07) is 8.99. The summed E-state index contributed by atoms with van der Waals surface area (Å²) in [6.07, 6.45) is 5.04. The minimum absolute atomic E-state index is 0.268. The third-order valence-electron chi connectivity index (χ3n) is 5.50. The second-order valence-corrected chi connectivity index (χ2v) is 8.04. The quantitative estimate of drug-likeness (QED) is 0.783. The molecule has 4 nitrogen and oxygen atoms in total. The van der Waals surface area contributed by atoms with Crippen LogP contribution < -0.4 is 9.47 Å². The van der Waals surface area contributed by atoms with Gasteiger partial charge in [0.2, 0.25) is 0 Å². The molecule has 0 unspecified atom stereocenters. The molecule has 0 bridgehead atoms. The molecule has 0 N–H and O–H groups in total. The monoisotopic (exact) mass is 373 g/mol. The number of fused-ring (bicyclic) bond motifs is 1. The number of thiophene rings is 1. The van der Waals surface area contributed by atoms with Gasteiger partial charge in [0, 0.05) is 24.6 Å². The lowest BCUT2D eigenvalue weighted by atomic mass is 9.90. The van der Waals surface area contributed by atoms with Crippen molar-refractivity contribution < 1.29 is 14.2 Å². The Balaban J connectivity index is 1.69. The molecule has 2 atom stereocenters. The average Bonchev–Trinajstić information content (AvgIpc) is 3.21. The van der Waals surface area contributed by atoms with Crippen molar-refractivity contribution >= 4 is 11.3 Å². The second-order valence-electron chi connectivity index (χ2n) is 7.06. The number of ether oxygens (including phenoxy) is 3. The summed E-state index contributed by atoms with van der Waals surface area (Å²) in [4.78, 5) is 3.98. The molecule has 4 rings (SSSR count). The Bertz CT molecular complexity index is 725. The van der Waals surface area contributed by atoms with Crippen LogP contribution in [0.4, 0.5) is 0 Å². The van der Waals surface area contributed by atoms with Crippen molar-refractivity contribution in [2.45, 2.75) is 37.8 Å². The lowest BCUT2D eigenvalue weighted by Crippen LogP contribution is -2.42. The first-order valence-electron chi connectivity index (χ1n) is 9.44. The van der Waals surface area contributed by atoms with Gasteiger partial charge in [0.25, 0.3) is 0 Å². The summed E-state index contributed by atoms with van der Waals surface area (Å²) in [5.41, 5.74) is 2.70. The summed E-state index contributed by atoms with van der Waals surface area (Å²) in [6.45, 7) is 2.95. The van der Waals surface area contributed by atoms with Crippen molar-refractivity contribution in [3.63, 3.8) is 0 Å². The number of methoxy groups -OCH3 is 2. The maximum absolute atomic E-state index is 6.03. The summed E-state index contributed by atoms with van der Waals surface area (Å²) in [5, 5.41) is 2.17. The van der Waals surface area contributed by atoms with Crippen LogP contribution in [0.1, 0.15) is 41.3 Å². The van der Waals surface area contributed by atoms with Crippen molar-refractivity contribution in [3.8, 4) is 11.5 Å². The number of rotatable bonds is 5. The normalized spacial score (nSPS) is 23.5. The highest BCUT2D eigenvalue weighted by molar-refractivity contribution is 7.10. The first-order valence-corrected chi connectivity index (χ1v) is 10.3. The SMILES string of the molecule is COc1cc2c(cc1OC)[C@H](c1cccs1)N(C[C@@H]1CCCCO1)CC2. The zero-order valence-corrected chi connectivity index (χ0v) is 16.4. The van der Waals surface area contributed by atoms with E-state index in [1.165, 1.54) is 35.3 Å². The lowest BCUT2D eigenvalue weighted by Gasteiger charge is -2.39. The summed E-state index contributed by atoms with van der Waals surface area (Å²) >= 11 is 1.83. The molecule has 1 saturated heterocycles. The highest BCUT2D eigenvalue weighted by Gasteiger charge is 2.32. The van der Waals surface area contributed by atoms with Crippen molar-refractivity contribution in [2.24, 2.45) is 0 Å². The Labute approximate surface area is 159 Å². The number of benzene rings is 1. The van der Waals surface area contributed by atoms with Gasteiger partial charge in [-0.3, -0.25) is 4.90 Å². The molecule has 0 aliphatic carbocycles. The van der Waals surface area contributed by atoms with Crippen molar-refractivity contribution in [2.75, 3.05) is 33.9 Å². The van der Waals surface area contributed by atoms with Crippen LogP contribution >= 0.6 is 11.3 Å². The van der Waals surface area contributed by atoms with Crippen LogP contribution in [0.2, 0.25) is 0 Å². The zero-order chi connectivity index (χ0) is 17.9. The maximum atomic E-state index is 6.03. The average molecular weight is 374 g/mol. The fourth-order valence-electron chi connectivity index (χ4n) is 4.19. The van der Waals surface area contributed by atoms with E-state index >= 15 is 0 Å². The van der Waals surface area contributed by atoms with E-state index in [9.17, 15) is 0 Å². The van der Waals surface area contributed by atoms with Crippen molar-refractivity contribution in [3.05, 3.63) is 45.6 Å². The summed E-state index contributed by atoms with van der Waals surface area (Å²) in [5.74, 6) is 1.63. The van der Waals surface area contributed by atoms with Gasteiger partial charge >= 0.3 is 0 Å². The Kier molecular flexibility index (Phi) is 5.48. The van der Waals surface area contributed by atoms with E-state index in [0.717, 1.165) is 37.6 Å². The highest BCUT2D eigenvalue weighted by Crippen LogP contribution is 2.42. The molecule has 0 radical (unpaired) electrons. The minimum atomic E-state index is 0.268. The molecule has 3 heterocycles. The third kappa shape index (κ3) is 3.48. The predicted molar refractivity (Wildman–Crippen MR) is 105 cm³/mol. The Hall–Kier alpha value is -1.56. The fraction of sp³-hybridized carbons (Fsp3) is 0.524. The second kappa shape index (κ2) is 7.99. The van der Waals surface area contributed by atoms with E-state index in [2.05, 4.69) is 34.5 Å². The van der Waals surface area contributed by atoms with Crippen molar-refractivity contribution in [1.29, 1.82) is 0 Å². The molecule has 5 heteroatoms. The molecule has 26 heavy (non-hydrogen) atoms. The summed E-state index contributed by atoms with van der Waals surface area (Å²) < 4.78 is 17.1. The van der Waals surface area contributed by atoms with Gasteiger partial charge in [-0.2, -0.15) is 0 Å². The molecular formula is C21H27NO3S. The van der Waals surface area contributed by atoms with Gasteiger partial charge < -0.3 is 14.2 Å². The third-order valence-corrected chi connectivity index (χ3v) is 6.42. The van der Waals surface area contributed by atoms with Crippen LogP contribution in [0, 0.1) is 0 Å². The number of hydrogen-bond donors (Lipinski definition) is 0. The molecule has 2 aliphatic heterocycles. The number of hydrogen-bond acceptors (Lipinski definition) is 5. The molecule has 1 aromatic heterocycles. The molecule has 0 amide bonds. The maximum Gasteiger partial charge on any atom is 0.161 e. The van der Waals surface area contributed by atoms with E-state index < -0.39 is 0 Å². The molecule has 2 aromatic rings. The largest absolute Gasteiger partial charge is 0.493 e. The van der Waals surface area contributed by atoms with Gasteiger partial charge in [-0.15, -0.1) is 11.3 Å². The Morgan fingerprint density at radius 3 is 2.73 bits per heavy atom. The Morgan fingerprint density at radius 1 is 1.19 bits per heavy atom. The van der Waals surface area contributed by atoms with Crippen LogP contribution in [0.3, 0.4) is 0 Å². The Morgan fingerprint density at radius 2 is 2.04 bits per heavy atom.